The van der Waals surface area contributed by atoms with E-state index in [-0.39, 0.29) is 11.9 Å². The van der Waals surface area contributed by atoms with Gasteiger partial charge in [-0.1, -0.05) is 23.7 Å². The van der Waals surface area contributed by atoms with E-state index in [0.29, 0.717) is 10.6 Å². The Bertz CT molecular complexity index is 931. The van der Waals surface area contributed by atoms with Crippen LogP contribution < -0.4 is 10.1 Å². The van der Waals surface area contributed by atoms with E-state index in [4.69, 9.17) is 16.3 Å². The second kappa shape index (κ2) is 6.45. The van der Waals surface area contributed by atoms with Crippen LogP contribution in [0.3, 0.4) is 0 Å². The molecule has 0 fully saturated rings. The van der Waals surface area contributed by atoms with E-state index in [9.17, 15) is 4.79 Å². The molecule has 0 saturated heterocycles. The second-order valence-electron chi connectivity index (χ2n) is 6.33. The van der Waals surface area contributed by atoms with Gasteiger partial charge in [-0.3, -0.25) is 4.79 Å². The van der Waals surface area contributed by atoms with Gasteiger partial charge in [0.25, 0.3) is 5.91 Å². The van der Waals surface area contributed by atoms with Crippen LogP contribution >= 0.6 is 11.6 Å². The Hall–Kier alpha value is -2.46. The van der Waals surface area contributed by atoms with Gasteiger partial charge in [-0.15, -0.1) is 0 Å². The minimum Gasteiger partial charge on any atom is -0.497 e. The third kappa shape index (κ3) is 2.87. The number of halogens is 1. The molecule has 1 aromatic heterocycles. The van der Waals surface area contributed by atoms with Crippen molar-refractivity contribution in [1.82, 2.24) is 10.3 Å². The highest BCUT2D eigenvalue weighted by atomic mass is 35.5. The lowest BCUT2D eigenvalue weighted by atomic mass is 9.91. The maximum absolute atomic E-state index is 12.6. The van der Waals surface area contributed by atoms with Gasteiger partial charge in [0.1, 0.15) is 5.75 Å². The van der Waals surface area contributed by atoms with Crippen LogP contribution in [0.4, 0.5) is 0 Å². The minimum atomic E-state index is -0.0785. The highest BCUT2D eigenvalue weighted by Crippen LogP contribution is 2.37. The van der Waals surface area contributed by atoms with Gasteiger partial charge in [-0.2, -0.15) is 0 Å². The van der Waals surface area contributed by atoms with Crippen molar-refractivity contribution in [2.75, 3.05) is 7.11 Å². The number of carbonyl (C=O) groups is 1. The van der Waals surface area contributed by atoms with Crippen LogP contribution in [0, 0.1) is 0 Å². The highest BCUT2D eigenvalue weighted by molar-refractivity contribution is 6.35. The van der Waals surface area contributed by atoms with Crippen LogP contribution in [0.15, 0.2) is 42.5 Å². The van der Waals surface area contributed by atoms with E-state index in [1.165, 1.54) is 5.56 Å². The lowest BCUT2D eigenvalue weighted by molar-refractivity contribution is 0.0932. The fraction of sp³-hybridized carbons (Fsp3) is 0.250. The smallest absolute Gasteiger partial charge is 0.251 e. The van der Waals surface area contributed by atoms with Gasteiger partial charge < -0.3 is 15.0 Å². The van der Waals surface area contributed by atoms with E-state index in [2.05, 4.69) is 16.4 Å². The zero-order valence-corrected chi connectivity index (χ0v) is 14.7. The van der Waals surface area contributed by atoms with E-state index in [0.717, 1.165) is 41.6 Å². The zero-order chi connectivity index (χ0) is 17.4. The molecular formula is C20H19ClN2O2. The summed E-state index contributed by atoms with van der Waals surface area (Å²) in [6, 6.07) is 13.1. The normalized spacial score (nSPS) is 16.5. The molecule has 4 rings (SSSR count). The second-order valence-corrected chi connectivity index (χ2v) is 6.73. The monoisotopic (exact) mass is 354 g/mol. The van der Waals surface area contributed by atoms with Gasteiger partial charge in [-0.25, -0.2) is 0 Å². The SMILES string of the molecule is COc1ccc(C(=O)N[C@@H]2CCCc3c2[nH]c2c(Cl)cccc32)cc1. The van der Waals surface area contributed by atoms with Gasteiger partial charge in [-0.05, 0) is 55.2 Å². The van der Waals surface area contributed by atoms with Crippen molar-refractivity contribution in [3.05, 3.63) is 64.3 Å². The highest BCUT2D eigenvalue weighted by Gasteiger charge is 2.26. The number of aromatic nitrogens is 1. The van der Waals surface area contributed by atoms with Crippen LogP contribution in [0.5, 0.6) is 5.75 Å². The number of nitrogens with one attached hydrogen (secondary N) is 2. The lowest BCUT2D eigenvalue weighted by Gasteiger charge is -2.24. The molecule has 25 heavy (non-hydrogen) atoms. The average molecular weight is 355 g/mol. The van der Waals surface area contributed by atoms with Crippen LogP contribution in [-0.4, -0.2) is 18.0 Å². The van der Waals surface area contributed by atoms with Crippen molar-refractivity contribution in [2.24, 2.45) is 0 Å². The summed E-state index contributed by atoms with van der Waals surface area (Å²) in [6.07, 6.45) is 2.96. The maximum Gasteiger partial charge on any atom is 0.251 e. The molecule has 0 spiro atoms. The molecule has 1 aliphatic carbocycles. The Labute approximate surface area is 151 Å². The first kappa shape index (κ1) is 16.0. The quantitative estimate of drug-likeness (QED) is 0.720. The summed E-state index contributed by atoms with van der Waals surface area (Å²) >= 11 is 6.32. The number of fused-ring (bicyclic) bond motifs is 3. The van der Waals surface area contributed by atoms with Gasteiger partial charge >= 0.3 is 0 Å². The Kier molecular flexibility index (Phi) is 4.14. The Morgan fingerprint density at radius 2 is 2.04 bits per heavy atom. The van der Waals surface area contributed by atoms with E-state index < -0.39 is 0 Å². The molecule has 0 radical (unpaired) electrons. The number of rotatable bonds is 3. The van der Waals surface area contributed by atoms with E-state index in [1.54, 1.807) is 31.4 Å². The lowest BCUT2D eigenvalue weighted by Crippen LogP contribution is -2.31. The van der Waals surface area contributed by atoms with Crippen LogP contribution in [-0.2, 0) is 6.42 Å². The number of benzene rings is 2. The summed E-state index contributed by atoms with van der Waals surface area (Å²) in [7, 11) is 1.61. The number of hydrogen-bond donors (Lipinski definition) is 2. The van der Waals surface area contributed by atoms with Crippen molar-refractivity contribution in [2.45, 2.75) is 25.3 Å². The van der Waals surface area contributed by atoms with Crippen molar-refractivity contribution >= 4 is 28.4 Å². The van der Waals surface area contributed by atoms with Gasteiger partial charge in [0.05, 0.1) is 23.7 Å². The number of amides is 1. The fourth-order valence-electron chi connectivity index (χ4n) is 3.58. The summed E-state index contributed by atoms with van der Waals surface area (Å²) in [5.74, 6) is 0.659. The summed E-state index contributed by atoms with van der Waals surface area (Å²) in [5.41, 5.74) is 3.93. The van der Waals surface area contributed by atoms with Crippen molar-refractivity contribution < 1.29 is 9.53 Å². The first-order valence-corrected chi connectivity index (χ1v) is 8.79. The van der Waals surface area contributed by atoms with E-state index >= 15 is 0 Å². The molecule has 2 aromatic carbocycles. The molecule has 0 unspecified atom stereocenters. The molecule has 1 amide bonds. The Morgan fingerprint density at radius 3 is 2.80 bits per heavy atom. The van der Waals surface area contributed by atoms with Crippen molar-refractivity contribution in [1.29, 1.82) is 0 Å². The summed E-state index contributed by atoms with van der Waals surface area (Å²) < 4.78 is 5.14. The van der Waals surface area contributed by atoms with E-state index in [1.807, 2.05) is 12.1 Å². The first-order chi connectivity index (χ1) is 12.2. The number of methoxy groups -OCH3 is 1. The predicted molar refractivity (Wildman–Crippen MR) is 99.4 cm³/mol. The van der Waals surface area contributed by atoms with Gasteiger partial charge in [0, 0.05) is 16.6 Å². The molecule has 128 valence electrons. The number of para-hydroxylation sites is 1. The fourth-order valence-corrected chi connectivity index (χ4v) is 3.80. The van der Waals surface area contributed by atoms with Gasteiger partial charge in [0.2, 0.25) is 0 Å². The number of H-pyrrole nitrogens is 1. The maximum atomic E-state index is 12.6. The number of hydrogen-bond acceptors (Lipinski definition) is 2. The number of ether oxygens (including phenoxy) is 1. The molecule has 1 atom stereocenters. The predicted octanol–water partition coefficient (Wildman–Crippen LogP) is 4.64. The van der Waals surface area contributed by atoms with Crippen LogP contribution in [0.2, 0.25) is 5.02 Å². The molecule has 5 heteroatoms. The van der Waals surface area contributed by atoms with Crippen LogP contribution in [0.1, 0.15) is 40.5 Å². The van der Waals surface area contributed by atoms with Crippen molar-refractivity contribution in [3.8, 4) is 5.75 Å². The van der Waals surface area contributed by atoms with Crippen LogP contribution in [0.25, 0.3) is 10.9 Å². The topological polar surface area (TPSA) is 54.1 Å². The Balaban J connectivity index is 1.63. The molecule has 1 heterocycles. The third-order valence-corrected chi connectivity index (χ3v) is 5.16. The largest absolute Gasteiger partial charge is 0.497 e. The summed E-state index contributed by atoms with van der Waals surface area (Å²) in [4.78, 5) is 16.1. The number of carbonyl (C=O) groups excluding carboxylic acids is 1. The standard InChI is InChI=1S/C20H19ClN2O2/c1-25-13-10-8-12(9-11-13)20(24)22-17-7-3-5-15-14-4-2-6-16(21)18(14)23-19(15)17/h2,4,6,8-11,17,23H,3,5,7H2,1H3,(H,22,24)/t17-/m1/s1. The summed E-state index contributed by atoms with van der Waals surface area (Å²) in [6.45, 7) is 0. The van der Waals surface area contributed by atoms with Gasteiger partial charge in [0.15, 0.2) is 0 Å². The molecule has 1 aliphatic rings. The third-order valence-electron chi connectivity index (χ3n) is 4.85. The number of aryl methyl sites for hydroxylation is 1. The molecule has 0 saturated carbocycles. The first-order valence-electron chi connectivity index (χ1n) is 8.41. The van der Waals surface area contributed by atoms with Crippen molar-refractivity contribution in [3.63, 3.8) is 0 Å². The average Bonchev–Trinajstić information content (AvgIpc) is 3.03. The molecule has 4 nitrogen and oxygen atoms in total. The number of aromatic amines is 1. The zero-order valence-electron chi connectivity index (χ0n) is 13.9. The Morgan fingerprint density at radius 1 is 1.24 bits per heavy atom. The molecular weight excluding hydrogens is 336 g/mol. The molecule has 3 aromatic rings. The minimum absolute atomic E-state index is 0.0261. The molecule has 2 N–H and O–H groups in total. The summed E-state index contributed by atoms with van der Waals surface area (Å²) in [5, 5.41) is 5.03. The molecule has 0 bridgehead atoms. The molecule has 0 aliphatic heterocycles.